The van der Waals surface area contributed by atoms with Gasteiger partial charge in [-0.15, -0.1) is 0 Å². The molecule has 0 unspecified atom stereocenters. The van der Waals surface area contributed by atoms with Gasteiger partial charge in [-0.2, -0.15) is 0 Å². The molecule has 24 heavy (non-hydrogen) atoms. The number of benzene rings is 1. The van der Waals surface area contributed by atoms with Crippen LogP contribution in [-0.2, 0) is 9.59 Å². The van der Waals surface area contributed by atoms with Gasteiger partial charge in [-0.05, 0) is 31.4 Å². The van der Waals surface area contributed by atoms with Crippen LogP contribution in [0.25, 0.3) is 0 Å². The van der Waals surface area contributed by atoms with Crippen molar-refractivity contribution in [3.63, 3.8) is 0 Å². The monoisotopic (exact) mass is 323 g/mol. The minimum absolute atomic E-state index is 0.0671. The second-order valence-electron chi connectivity index (χ2n) is 7.54. The van der Waals surface area contributed by atoms with Crippen molar-refractivity contribution in [2.24, 2.45) is 11.8 Å². The lowest BCUT2D eigenvalue weighted by Crippen LogP contribution is -2.40. The Hall–Kier alpha value is -1.90. The van der Waals surface area contributed by atoms with Gasteiger partial charge in [0.25, 0.3) is 0 Å². The third-order valence-corrected chi connectivity index (χ3v) is 6.41. The molecule has 2 bridgehead atoms. The molecule has 0 aromatic heterocycles. The molecule has 3 heteroatoms. The number of hydrogen-bond donors (Lipinski definition) is 0. The molecule has 1 aromatic carbocycles. The van der Waals surface area contributed by atoms with Gasteiger partial charge in [0.05, 0.1) is 11.8 Å². The van der Waals surface area contributed by atoms with Crippen LogP contribution in [0.3, 0.4) is 0 Å². The first-order valence-corrected chi connectivity index (χ1v) is 9.19. The zero-order valence-electron chi connectivity index (χ0n) is 14.7. The average molecular weight is 323 g/mol. The predicted molar refractivity (Wildman–Crippen MR) is 93.5 cm³/mol. The van der Waals surface area contributed by atoms with Crippen LogP contribution in [0.1, 0.15) is 63.0 Å². The molecule has 5 rings (SSSR count). The van der Waals surface area contributed by atoms with Crippen molar-refractivity contribution in [1.29, 1.82) is 0 Å². The number of nitrogens with zero attached hydrogens (tertiary/aromatic N) is 1. The molecule has 1 aliphatic heterocycles. The van der Waals surface area contributed by atoms with Gasteiger partial charge in [0, 0.05) is 18.4 Å². The SMILES string of the molecule is CCCCCN1C(=O)[C@@H]2[C@H](C1=O)[C@@H]1C(C)=C(C)[C@H]2c2ccccc21. The third-order valence-electron chi connectivity index (χ3n) is 6.41. The van der Waals surface area contributed by atoms with Gasteiger partial charge in [-0.25, -0.2) is 0 Å². The van der Waals surface area contributed by atoms with E-state index in [9.17, 15) is 9.59 Å². The minimum atomic E-state index is -0.178. The fourth-order valence-corrected chi connectivity index (χ4v) is 5.18. The molecule has 1 heterocycles. The normalized spacial score (nSPS) is 30.9. The Morgan fingerprint density at radius 2 is 1.38 bits per heavy atom. The summed E-state index contributed by atoms with van der Waals surface area (Å²) >= 11 is 0. The van der Waals surface area contributed by atoms with Gasteiger partial charge in [-0.3, -0.25) is 14.5 Å². The quantitative estimate of drug-likeness (QED) is 0.477. The number of carbonyl (C=O) groups excluding carboxylic acids is 2. The average Bonchev–Trinajstić information content (AvgIpc) is 2.83. The van der Waals surface area contributed by atoms with Crippen LogP contribution in [0.15, 0.2) is 35.4 Å². The van der Waals surface area contributed by atoms with Crippen LogP contribution in [-0.4, -0.2) is 23.3 Å². The highest BCUT2D eigenvalue weighted by atomic mass is 16.2. The lowest BCUT2D eigenvalue weighted by Gasteiger charge is -2.46. The third kappa shape index (κ3) is 1.90. The summed E-state index contributed by atoms with van der Waals surface area (Å²) in [5, 5.41) is 0. The van der Waals surface area contributed by atoms with Crippen LogP contribution in [0.4, 0.5) is 0 Å². The number of hydrogen-bond acceptors (Lipinski definition) is 2. The van der Waals surface area contributed by atoms with Gasteiger partial charge in [0.2, 0.25) is 11.8 Å². The Kier molecular flexibility index (Phi) is 3.63. The molecule has 2 amide bonds. The van der Waals surface area contributed by atoms with E-state index in [1.165, 1.54) is 22.3 Å². The first kappa shape index (κ1) is 15.6. The first-order valence-electron chi connectivity index (χ1n) is 9.19. The molecule has 0 saturated carbocycles. The second kappa shape index (κ2) is 5.58. The van der Waals surface area contributed by atoms with E-state index in [0.717, 1.165) is 19.3 Å². The van der Waals surface area contributed by atoms with Crippen molar-refractivity contribution in [2.45, 2.75) is 51.9 Å². The number of rotatable bonds is 4. The van der Waals surface area contributed by atoms with Crippen molar-refractivity contribution in [1.82, 2.24) is 4.90 Å². The largest absolute Gasteiger partial charge is 0.282 e. The Bertz CT molecular complexity index is 691. The van der Waals surface area contributed by atoms with Crippen molar-refractivity contribution in [3.05, 3.63) is 46.5 Å². The highest BCUT2D eigenvalue weighted by Gasteiger charge is 2.60. The fraction of sp³-hybridized carbons (Fsp3) is 0.524. The van der Waals surface area contributed by atoms with Gasteiger partial charge in [-0.1, -0.05) is 55.2 Å². The maximum absolute atomic E-state index is 13.1. The van der Waals surface area contributed by atoms with E-state index in [-0.39, 0.29) is 35.5 Å². The predicted octanol–water partition coefficient (Wildman–Crippen LogP) is 4.01. The zero-order valence-corrected chi connectivity index (χ0v) is 14.7. The van der Waals surface area contributed by atoms with E-state index in [1.54, 1.807) is 4.90 Å². The van der Waals surface area contributed by atoms with Crippen molar-refractivity contribution < 1.29 is 9.59 Å². The molecular weight excluding hydrogens is 298 g/mol. The molecule has 1 fully saturated rings. The number of carbonyl (C=O) groups is 2. The smallest absolute Gasteiger partial charge is 0.234 e. The number of allylic oxidation sites excluding steroid dienone is 2. The fourth-order valence-electron chi connectivity index (χ4n) is 5.18. The lowest BCUT2D eigenvalue weighted by atomic mass is 9.55. The molecule has 1 aromatic rings. The van der Waals surface area contributed by atoms with Crippen LogP contribution < -0.4 is 0 Å². The molecular formula is C21H25NO2. The maximum atomic E-state index is 13.1. The Morgan fingerprint density at radius 1 is 0.875 bits per heavy atom. The molecule has 3 aliphatic carbocycles. The van der Waals surface area contributed by atoms with Crippen LogP contribution in [0.2, 0.25) is 0 Å². The summed E-state index contributed by atoms with van der Waals surface area (Å²) in [6.07, 6.45) is 3.08. The molecule has 4 aliphatic rings. The van der Waals surface area contributed by atoms with Gasteiger partial charge >= 0.3 is 0 Å². The van der Waals surface area contributed by atoms with E-state index in [2.05, 4.69) is 45.0 Å². The summed E-state index contributed by atoms with van der Waals surface area (Å²) in [7, 11) is 0. The van der Waals surface area contributed by atoms with Gasteiger partial charge < -0.3 is 0 Å². The number of likely N-dealkylation sites (tertiary alicyclic amines) is 1. The Labute approximate surface area is 143 Å². The molecule has 0 N–H and O–H groups in total. The van der Waals surface area contributed by atoms with Crippen LogP contribution in [0, 0.1) is 11.8 Å². The van der Waals surface area contributed by atoms with E-state index in [1.807, 2.05) is 0 Å². The van der Waals surface area contributed by atoms with Gasteiger partial charge in [0.15, 0.2) is 0 Å². The first-order chi connectivity index (χ1) is 11.6. The van der Waals surface area contributed by atoms with E-state index in [4.69, 9.17) is 0 Å². The maximum Gasteiger partial charge on any atom is 0.234 e. The lowest BCUT2D eigenvalue weighted by molar-refractivity contribution is -0.140. The molecule has 3 nitrogen and oxygen atoms in total. The van der Waals surface area contributed by atoms with Gasteiger partial charge in [0.1, 0.15) is 0 Å². The second-order valence-corrected chi connectivity index (χ2v) is 7.54. The van der Waals surface area contributed by atoms with E-state index >= 15 is 0 Å². The molecule has 126 valence electrons. The summed E-state index contributed by atoms with van der Waals surface area (Å²) in [4.78, 5) is 27.7. The summed E-state index contributed by atoms with van der Waals surface area (Å²) in [5.41, 5.74) is 5.14. The number of imide groups is 1. The number of unbranched alkanes of at least 4 members (excludes halogenated alkanes) is 2. The van der Waals surface area contributed by atoms with Crippen molar-refractivity contribution in [3.8, 4) is 0 Å². The summed E-state index contributed by atoms with van der Waals surface area (Å²) in [6, 6.07) is 8.40. The summed E-state index contributed by atoms with van der Waals surface area (Å²) < 4.78 is 0. The Balaban J connectivity index is 1.77. The minimum Gasteiger partial charge on any atom is -0.282 e. The van der Waals surface area contributed by atoms with Crippen LogP contribution >= 0.6 is 0 Å². The summed E-state index contributed by atoms with van der Waals surface area (Å²) in [6.45, 7) is 7.03. The van der Waals surface area contributed by atoms with Crippen molar-refractivity contribution >= 4 is 11.8 Å². The summed E-state index contributed by atoms with van der Waals surface area (Å²) in [5.74, 6) is -0.0481. The molecule has 1 saturated heterocycles. The standard InChI is InChI=1S/C21H25NO2/c1-4-5-8-11-22-20(23)18-16-12(2)13(3)17(19(18)21(22)24)15-10-7-6-9-14(15)16/h6-7,9-10,16-19H,4-5,8,11H2,1-3H3/t16-,17+,18-,19+. The van der Waals surface area contributed by atoms with Crippen molar-refractivity contribution in [2.75, 3.05) is 6.54 Å². The van der Waals surface area contributed by atoms with E-state index < -0.39 is 0 Å². The van der Waals surface area contributed by atoms with Crippen LogP contribution in [0.5, 0.6) is 0 Å². The Morgan fingerprint density at radius 3 is 1.83 bits per heavy atom. The highest BCUT2D eigenvalue weighted by molar-refractivity contribution is 6.07. The topological polar surface area (TPSA) is 37.4 Å². The molecule has 0 radical (unpaired) electrons. The van der Waals surface area contributed by atoms with E-state index in [0.29, 0.717) is 6.54 Å². The molecule has 4 atom stereocenters. The zero-order chi connectivity index (χ0) is 17.0. The molecule has 0 spiro atoms. The number of amides is 2. The highest BCUT2D eigenvalue weighted by Crippen LogP contribution is 2.60.